The van der Waals surface area contributed by atoms with Crippen LogP contribution < -0.4 is 5.73 Å². The van der Waals surface area contributed by atoms with Crippen molar-refractivity contribution >= 4 is 0 Å². The molecule has 0 aromatic rings. The molecule has 2 heteroatoms. The van der Waals surface area contributed by atoms with Crippen molar-refractivity contribution in [2.75, 3.05) is 6.61 Å². The van der Waals surface area contributed by atoms with Gasteiger partial charge in [-0.25, -0.2) is 0 Å². The van der Waals surface area contributed by atoms with E-state index in [0.717, 1.165) is 25.4 Å². The van der Waals surface area contributed by atoms with Crippen molar-refractivity contribution in [1.29, 1.82) is 0 Å². The van der Waals surface area contributed by atoms with Gasteiger partial charge in [0.05, 0.1) is 5.60 Å². The van der Waals surface area contributed by atoms with Gasteiger partial charge in [0, 0.05) is 12.6 Å². The minimum atomic E-state index is -0.0391. The van der Waals surface area contributed by atoms with Crippen molar-refractivity contribution in [3.05, 3.63) is 0 Å². The first kappa shape index (κ1) is 12.0. The molecule has 0 aliphatic carbocycles. The minimum absolute atomic E-state index is 0.0391. The fourth-order valence-electron chi connectivity index (χ4n) is 2.32. The van der Waals surface area contributed by atoms with E-state index in [-0.39, 0.29) is 11.6 Å². The standard InChI is InChI=1S/C12H25NO/c1-4-10(5-2)9-11(13)12(3)7-6-8-14-12/h10-11H,4-9,13H2,1-3H3. The molecule has 1 fully saturated rings. The van der Waals surface area contributed by atoms with Crippen molar-refractivity contribution in [3.8, 4) is 0 Å². The monoisotopic (exact) mass is 199 g/mol. The first-order valence-electron chi connectivity index (χ1n) is 6.02. The highest BCUT2D eigenvalue weighted by Crippen LogP contribution is 2.31. The van der Waals surface area contributed by atoms with Crippen LogP contribution in [0.3, 0.4) is 0 Å². The smallest absolute Gasteiger partial charge is 0.0805 e. The average molecular weight is 199 g/mol. The topological polar surface area (TPSA) is 35.2 Å². The summed E-state index contributed by atoms with van der Waals surface area (Å²) >= 11 is 0. The molecule has 1 saturated heterocycles. The second-order valence-electron chi connectivity index (χ2n) is 4.79. The Morgan fingerprint density at radius 1 is 1.36 bits per heavy atom. The summed E-state index contributed by atoms with van der Waals surface area (Å²) in [5, 5.41) is 0. The zero-order valence-corrected chi connectivity index (χ0v) is 9.88. The number of ether oxygens (including phenoxy) is 1. The quantitative estimate of drug-likeness (QED) is 0.739. The third-order valence-electron chi connectivity index (χ3n) is 3.78. The van der Waals surface area contributed by atoms with Crippen LogP contribution in [0.2, 0.25) is 0 Å². The van der Waals surface area contributed by atoms with Gasteiger partial charge in [-0.05, 0) is 32.1 Å². The molecule has 1 aliphatic heterocycles. The van der Waals surface area contributed by atoms with Crippen molar-refractivity contribution in [2.45, 2.75) is 64.5 Å². The zero-order chi connectivity index (χ0) is 10.6. The molecule has 2 unspecified atom stereocenters. The molecule has 0 aromatic heterocycles. The van der Waals surface area contributed by atoms with Crippen LogP contribution >= 0.6 is 0 Å². The minimum Gasteiger partial charge on any atom is -0.374 e. The molecule has 0 spiro atoms. The van der Waals surface area contributed by atoms with Gasteiger partial charge >= 0.3 is 0 Å². The lowest BCUT2D eigenvalue weighted by molar-refractivity contribution is -0.00729. The summed E-state index contributed by atoms with van der Waals surface area (Å²) in [7, 11) is 0. The molecule has 1 aliphatic rings. The van der Waals surface area contributed by atoms with Gasteiger partial charge in [0.15, 0.2) is 0 Å². The van der Waals surface area contributed by atoms with Crippen LogP contribution in [-0.4, -0.2) is 18.2 Å². The lowest BCUT2D eigenvalue weighted by atomic mass is 9.85. The molecule has 2 N–H and O–H groups in total. The predicted octanol–water partition coefficient (Wildman–Crippen LogP) is 2.71. The summed E-state index contributed by atoms with van der Waals surface area (Å²) in [5.74, 6) is 0.769. The van der Waals surface area contributed by atoms with Gasteiger partial charge in [-0.3, -0.25) is 0 Å². The molecule has 0 saturated carbocycles. The summed E-state index contributed by atoms with van der Waals surface area (Å²) in [6.45, 7) is 7.57. The molecular weight excluding hydrogens is 174 g/mol. The molecule has 0 radical (unpaired) electrons. The summed E-state index contributed by atoms with van der Waals surface area (Å²) in [4.78, 5) is 0. The summed E-state index contributed by atoms with van der Waals surface area (Å²) in [6.07, 6.45) is 5.89. The normalized spacial score (nSPS) is 29.8. The Labute approximate surface area is 88.2 Å². The maximum absolute atomic E-state index is 6.24. The molecule has 1 rings (SSSR count). The average Bonchev–Trinajstić information content (AvgIpc) is 2.62. The van der Waals surface area contributed by atoms with Gasteiger partial charge < -0.3 is 10.5 Å². The highest BCUT2D eigenvalue weighted by Gasteiger charge is 2.36. The molecule has 0 amide bonds. The van der Waals surface area contributed by atoms with Crippen molar-refractivity contribution < 1.29 is 4.74 Å². The van der Waals surface area contributed by atoms with Crippen molar-refractivity contribution in [1.82, 2.24) is 0 Å². The second kappa shape index (κ2) is 5.13. The van der Waals surface area contributed by atoms with Crippen LogP contribution in [0.15, 0.2) is 0 Å². The van der Waals surface area contributed by atoms with E-state index in [1.165, 1.54) is 19.3 Å². The number of hydrogen-bond donors (Lipinski definition) is 1. The molecule has 0 bridgehead atoms. The van der Waals surface area contributed by atoms with Crippen LogP contribution in [-0.2, 0) is 4.74 Å². The second-order valence-corrected chi connectivity index (χ2v) is 4.79. The maximum Gasteiger partial charge on any atom is 0.0805 e. The van der Waals surface area contributed by atoms with Crippen LogP contribution in [0.25, 0.3) is 0 Å². The van der Waals surface area contributed by atoms with Crippen LogP contribution in [0.1, 0.15) is 52.9 Å². The maximum atomic E-state index is 6.24. The highest BCUT2D eigenvalue weighted by atomic mass is 16.5. The molecule has 84 valence electrons. The van der Waals surface area contributed by atoms with Crippen LogP contribution in [0, 0.1) is 5.92 Å². The van der Waals surface area contributed by atoms with E-state index in [1.54, 1.807) is 0 Å². The molecule has 1 heterocycles. The van der Waals surface area contributed by atoms with E-state index in [1.807, 2.05) is 0 Å². The molecular formula is C12H25NO. The van der Waals surface area contributed by atoms with Gasteiger partial charge in [-0.2, -0.15) is 0 Å². The SMILES string of the molecule is CCC(CC)CC(N)C1(C)CCCO1. The zero-order valence-electron chi connectivity index (χ0n) is 9.88. The van der Waals surface area contributed by atoms with Crippen molar-refractivity contribution in [2.24, 2.45) is 11.7 Å². The Bertz CT molecular complexity index is 160. The Balaban J connectivity index is 2.43. The third kappa shape index (κ3) is 2.71. The molecule has 0 aromatic carbocycles. The van der Waals surface area contributed by atoms with Crippen LogP contribution in [0.4, 0.5) is 0 Å². The number of rotatable bonds is 5. The first-order valence-corrected chi connectivity index (χ1v) is 6.02. The first-order chi connectivity index (χ1) is 6.62. The van der Waals surface area contributed by atoms with E-state index >= 15 is 0 Å². The Hall–Kier alpha value is -0.0800. The fourth-order valence-corrected chi connectivity index (χ4v) is 2.32. The summed E-state index contributed by atoms with van der Waals surface area (Å²) in [6, 6.07) is 0.218. The molecule has 2 atom stereocenters. The van der Waals surface area contributed by atoms with E-state index in [0.29, 0.717) is 0 Å². The van der Waals surface area contributed by atoms with Crippen molar-refractivity contribution in [3.63, 3.8) is 0 Å². The van der Waals surface area contributed by atoms with E-state index in [4.69, 9.17) is 10.5 Å². The lowest BCUT2D eigenvalue weighted by Crippen LogP contribution is -2.46. The van der Waals surface area contributed by atoms with E-state index in [9.17, 15) is 0 Å². The lowest BCUT2D eigenvalue weighted by Gasteiger charge is -2.32. The Morgan fingerprint density at radius 2 is 2.00 bits per heavy atom. The van der Waals surface area contributed by atoms with Gasteiger partial charge in [0.2, 0.25) is 0 Å². The Morgan fingerprint density at radius 3 is 2.43 bits per heavy atom. The third-order valence-corrected chi connectivity index (χ3v) is 3.78. The fraction of sp³-hybridized carbons (Fsp3) is 1.00. The van der Waals surface area contributed by atoms with Gasteiger partial charge in [0.25, 0.3) is 0 Å². The predicted molar refractivity (Wildman–Crippen MR) is 60.3 cm³/mol. The van der Waals surface area contributed by atoms with E-state index in [2.05, 4.69) is 20.8 Å². The summed E-state index contributed by atoms with van der Waals surface area (Å²) in [5.41, 5.74) is 6.20. The van der Waals surface area contributed by atoms with Crippen LogP contribution in [0.5, 0.6) is 0 Å². The van der Waals surface area contributed by atoms with E-state index < -0.39 is 0 Å². The number of nitrogens with two attached hydrogens (primary N) is 1. The molecule has 2 nitrogen and oxygen atoms in total. The largest absolute Gasteiger partial charge is 0.374 e. The highest BCUT2D eigenvalue weighted by molar-refractivity contribution is 4.91. The summed E-state index contributed by atoms with van der Waals surface area (Å²) < 4.78 is 5.77. The van der Waals surface area contributed by atoms with Gasteiger partial charge in [-0.1, -0.05) is 26.7 Å². The molecule has 14 heavy (non-hydrogen) atoms. The van der Waals surface area contributed by atoms with Gasteiger partial charge in [-0.15, -0.1) is 0 Å². The number of hydrogen-bond acceptors (Lipinski definition) is 2. The Kier molecular flexibility index (Phi) is 4.39. The van der Waals surface area contributed by atoms with Gasteiger partial charge in [0.1, 0.15) is 0 Å².